The number of hydrogen-bond donors (Lipinski definition) is 0. The quantitative estimate of drug-likeness (QED) is 0.446. The molecule has 20 heavy (non-hydrogen) atoms. The first-order valence-electron chi connectivity index (χ1n) is 5.66. The number of nitrogens with zero attached hydrogens (tertiary/aromatic N) is 1. The van der Waals surface area contributed by atoms with E-state index in [1.54, 1.807) is 6.92 Å². The van der Waals surface area contributed by atoms with E-state index >= 15 is 0 Å². The van der Waals surface area contributed by atoms with Crippen molar-refractivity contribution in [3.63, 3.8) is 0 Å². The molecule has 0 unspecified atom stereocenters. The molecule has 1 aromatic rings. The first-order valence-corrected chi connectivity index (χ1v) is 5.66. The summed E-state index contributed by atoms with van der Waals surface area (Å²) in [5.74, 6) is -0.839. The van der Waals surface area contributed by atoms with E-state index in [2.05, 4.69) is 4.74 Å². The van der Waals surface area contributed by atoms with E-state index < -0.39 is 16.6 Å². The van der Waals surface area contributed by atoms with E-state index in [4.69, 9.17) is 14.2 Å². The SMILES string of the molecule is CCOc1c(OC)c(OC)cc(C(=O)OC)c1[N+](=O)[O-]. The van der Waals surface area contributed by atoms with Gasteiger partial charge in [-0.3, -0.25) is 10.1 Å². The maximum Gasteiger partial charge on any atom is 0.345 e. The summed E-state index contributed by atoms with van der Waals surface area (Å²) in [5.41, 5.74) is -0.782. The Hall–Kier alpha value is -2.51. The minimum absolute atomic E-state index is 0.0497. The highest BCUT2D eigenvalue weighted by atomic mass is 16.6. The molecule has 1 rings (SSSR count). The largest absolute Gasteiger partial charge is 0.493 e. The van der Waals surface area contributed by atoms with Crippen molar-refractivity contribution < 1.29 is 28.7 Å². The zero-order valence-electron chi connectivity index (χ0n) is 11.6. The Morgan fingerprint density at radius 1 is 1.25 bits per heavy atom. The Morgan fingerprint density at radius 2 is 1.90 bits per heavy atom. The summed E-state index contributed by atoms with van der Waals surface area (Å²) in [5, 5.41) is 11.2. The lowest BCUT2D eigenvalue weighted by atomic mass is 10.1. The van der Waals surface area contributed by atoms with Crippen LogP contribution in [-0.4, -0.2) is 38.8 Å². The lowest BCUT2D eigenvalue weighted by Gasteiger charge is -2.15. The third kappa shape index (κ3) is 2.73. The van der Waals surface area contributed by atoms with E-state index in [9.17, 15) is 14.9 Å². The van der Waals surface area contributed by atoms with Gasteiger partial charge in [-0.15, -0.1) is 0 Å². The van der Waals surface area contributed by atoms with Crippen LogP contribution in [0.25, 0.3) is 0 Å². The van der Waals surface area contributed by atoms with E-state index in [1.807, 2.05) is 0 Å². The van der Waals surface area contributed by atoms with Gasteiger partial charge in [0, 0.05) is 6.07 Å². The van der Waals surface area contributed by atoms with Crippen molar-refractivity contribution >= 4 is 11.7 Å². The minimum atomic E-state index is -0.862. The van der Waals surface area contributed by atoms with E-state index in [1.165, 1.54) is 20.3 Å². The molecule has 0 saturated carbocycles. The van der Waals surface area contributed by atoms with Gasteiger partial charge in [0.15, 0.2) is 5.75 Å². The van der Waals surface area contributed by atoms with Crippen LogP contribution in [0.5, 0.6) is 17.2 Å². The zero-order chi connectivity index (χ0) is 15.3. The highest BCUT2D eigenvalue weighted by Crippen LogP contribution is 2.46. The number of rotatable bonds is 6. The van der Waals surface area contributed by atoms with Crippen LogP contribution >= 0.6 is 0 Å². The van der Waals surface area contributed by atoms with Gasteiger partial charge in [0.2, 0.25) is 11.5 Å². The first-order chi connectivity index (χ1) is 9.51. The molecule has 0 aliphatic carbocycles. The van der Waals surface area contributed by atoms with Crippen molar-refractivity contribution in [3.8, 4) is 17.2 Å². The summed E-state index contributed by atoms with van der Waals surface area (Å²) < 4.78 is 19.9. The summed E-state index contributed by atoms with van der Waals surface area (Å²) in [6, 6.07) is 1.19. The van der Waals surface area contributed by atoms with Gasteiger partial charge in [0.25, 0.3) is 0 Å². The topological polar surface area (TPSA) is 97.1 Å². The van der Waals surface area contributed by atoms with Crippen molar-refractivity contribution in [3.05, 3.63) is 21.7 Å². The van der Waals surface area contributed by atoms with Crippen LogP contribution in [0.3, 0.4) is 0 Å². The van der Waals surface area contributed by atoms with Gasteiger partial charge >= 0.3 is 11.7 Å². The van der Waals surface area contributed by atoms with Gasteiger partial charge < -0.3 is 18.9 Å². The fourth-order valence-electron chi connectivity index (χ4n) is 1.68. The van der Waals surface area contributed by atoms with Crippen molar-refractivity contribution in [2.24, 2.45) is 0 Å². The minimum Gasteiger partial charge on any atom is -0.493 e. The van der Waals surface area contributed by atoms with Crippen LogP contribution in [0.1, 0.15) is 17.3 Å². The molecule has 0 radical (unpaired) electrons. The average Bonchev–Trinajstić information content (AvgIpc) is 2.44. The Labute approximate surface area is 115 Å². The van der Waals surface area contributed by atoms with Crippen molar-refractivity contribution in [2.45, 2.75) is 6.92 Å². The molecular formula is C12H15NO7. The molecule has 0 spiro atoms. The standard InChI is InChI=1S/C12H15NO7/c1-5-20-11-9(13(15)16)7(12(14)19-4)6-8(17-2)10(11)18-3/h6H,5H2,1-4H3. The summed E-state index contributed by atoms with van der Waals surface area (Å²) >= 11 is 0. The molecule has 0 bridgehead atoms. The molecular weight excluding hydrogens is 270 g/mol. The maximum atomic E-state index is 11.7. The number of carbonyl (C=O) groups excluding carboxylic acids is 1. The number of ether oxygens (including phenoxy) is 4. The van der Waals surface area contributed by atoms with Crippen LogP contribution < -0.4 is 14.2 Å². The van der Waals surface area contributed by atoms with Crippen molar-refractivity contribution in [1.82, 2.24) is 0 Å². The van der Waals surface area contributed by atoms with Gasteiger partial charge in [-0.25, -0.2) is 4.79 Å². The van der Waals surface area contributed by atoms with Crippen LogP contribution in [0.15, 0.2) is 6.07 Å². The molecule has 0 atom stereocenters. The lowest BCUT2D eigenvalue weighted by molar-refractivity contribution is -0.386. The summed E-state index contributed by atoms with van der Waals surface area (Å²) in [7, 11) is 3.80. The van der Waals surface area contributed by atoms with Crippen LogP contribution in [-0.2, 0) is 4.74 Å². The predicted octanol–water partition coefficient (Wildman–Crippen LogP) is 1.80. The molecule has 0 amide bonds. The second kappa shape index (κ2) is 6.60. The molecule has 0 saturated heterocycles. The third-order valence-corrected chi connectivity index (χ3v) is 2.48. The molecule has 0 fully saturated rings. The molecule has 0 heterocycles. The smallest absolute Gasteiger partial charge is 0.345 e. The Bertz CT molecular complexity index is 527. The van der Waals surface area contributed by atoms with E-state index in [0.29, 0.717) is 0 Å². The maximum absolute atomic E-state index is 11.7. The number of methoxy groups -OCH3 is 3. The monoisotopic (exact) mass is 285 g/mol. The number of hydrogen-bond acceptors (Lipinski definition) is 7. The Balaban J connectivity index is 3.72. The van der Waals surface area contributed by atoms with Crippen molar-refractivity contribution in [2.75, 3.05) is 27.9 Å². The summed E-state index contributed by atoms with van der Waals surface area (Å²) in [4.78, 5) is 22.2. The van der Waals surface area contributed by atoms with Crippen LogP contribution in [0, 0.1) is 10.1 Å². The molecule has 0 aliphatic heterocycles. The first kappa shape index (κ1) is 15.5. The second-order valence-electron chi connectivity index (χ2n) is 3.52. The zero-order valence-corrected chi connectivity index (χ0v) is 11.6. The number of nitro benzene ring substituents is 1. The van der Waals surface area contributed by atoms with E-state index in [-0.39, 0.29) is 29.4 Å². The molecule has 1 aromatic carbocycles. The molecule has 110 valence electrons. The average molecular weight is 285 g/mol. The van der Waals surface area contributed by atoms with E-state index in [0.717, 1.165) is 7.11 Å². The van der Waals surface area contributed by atoms with Gasteiger partial charge in [-0.2, -0.15) is 0 Å². The Morgan fingerprint density at radius 3 is 2.30 bits per heavy atom. The lowest BCUT2D eigenvalue weighted by Crippen LogP contribution is -2.10. The summed E-state index contributed by atoms with van der Waals surface area (Å²) in [6.07, 6.45) is 0. The fraction of sp³-hybridized carbons (Fsp3) is 0.417. The highest BCUT2D eigenvalue weighted by Gasteiger charge is 2.33. The number of carbonyl (C=O) groups is 1. The highest BCUT2D eigenvalue weighted by molar-refractivity contribution is 5.97. The van der Waals surface area contributed by atoms with Gasteiger partial charge in [-0.1, -0.05) is 0 Å². The van der Waals surface area contributed by atoms with Gasteiger partial charge in [-0.05, 0) is 6.92 Å². The second-order valence-corrected chi connectivity index (χ2v) is 3.52. The number of benzene rings is 1. The fourth-order valence-corrected chi connectivity index (χ4v) is 1.68. The predicted molar refractivity (Wildman–Crippen MR) is 68.7 cm³/mol. The normalized spacial score (nSPS) is 9.80. The molecule has 8 nitrogen and oxygen atoms in total. The van der Waals surface area contributed by atoms with Crippen molar-refractivity contribution in [1.29, 1.82) is 0 Å². The third-order valence-electron chi connectivity index (χ3n) is 2.48. The van der Waals surface area contributed by atoms with Crippen LogP contribution in [0.4, 0.5) is 5.69 Å². The summed E-state index contributed by atoms with van der Waals surface area (Å²) in [6.45, 7) is 1.81. The van der Waals surface area contributed by atoms with Gasteiger partial charge in [0.05, 0.1) is 32.9 Å². The molecule has 8 heteroatoms. The Kier molecular flexibility index (Phi) is 5.13. The molecule has 0 aromatic heterocycles. The van der Waals surface area contributed by atoms with Gasteiger partial charge in [0.1, 0.15) is 5.56 Å². The van der Waals surface area contributed by atoms with Crippen LogP contribution in [0.2, 0.25) is 0 Å². The number of nitro groups is 1. The molecule has 0 N–H and O–H groups in total. The number of esters is 1. The molecule has 0 aliphatic rings.